The summed E-state index contributed by atoms with van der Waals surface area (Å²) >= 11 is 6.77. The minimum atomic E-state index is -3.61. The Balaban J connectivity index is 1.51. The first kappa shape index (κ1) is 26.8. The fourth-order valence-corrected chi connectivity index (χ4v) is 7.01. The van der Waals surface area contributed by atoms with Crippen LogP contribution in [0.1, 0.15) is 25.3 Å². The van der Waals surface area contributed by atoms with Gasteiger partial charge >= 0.3 is 0 Å². The lowest BCUT2D eigenvalue weighted by Gasteiger charge is -2.26. The third-order valence-corrected chi connectivity index (χ3v) is 9.68. The molecule has 2 aliphatic heterocycles. The molecule has 11 heteroatoms. The normalized spacial score (nSPS) is 18.0. The molecule has 0 unspecified atom stereocenters. The van der Waals surface area contributed by atoms with Gasteiger partial charge in [0.15, 0.2) is 0 Å². The lowest BCUT2D eigenvalue weighted by molar-refractivity contribution is -0.122. The number of hydrogen-bond donors (Lipinski definition) is 0. The van der Waals surface area contributed by atoms with Gasteiger partial charge in [-0.15, -0.1) is 0 Å². The lowest BCUT2D eigenvalue weighted by atomic mass is 10.1. The van der Waals surface area contributed by atoms with Crippen LogP contribution in [-0.4, -0.2) is 70.5 Å². The molecule has 8 nitrogen and oxygen atoms in total. The second kappa shape index (κ2) is 11.5. The first-order valence-corrected chi connectivity index (χ1v) is 15.1. The summed E-state index contributed by atoms with van der Waals surface area (Å²) in [5.41, 5.74) is 3.00. The van der Waals surface area contributed by atoms with Crippen molar-refractivity contribution >= 4 is 50.3 Å². The maximum Gasteiger partial charge on any atom is 0.266 e. The Hall–Kier alpha value is -2.83. The summed E-state index contributed by atoms with van der Waals surface area (Å²) in [4.78, 5) is 15.5. The highest BCUT2D eigenvalue weighted by Crippen LogP contribution is 2.35. The van der Waals surface area contributed by atoms with Crippen molar-refractivity contribution in [2.75, 3.05) is 32.8 Å². The van der Waals surface area contributed by atoms with E-state index in [0.29, 0.717) is 47.8 Å². The molecular formula is C27H28N4O4S3. The van der Waals surface area contributed by atoms with Crippen LogP contribution in [0.3, 0.4) is 0 Å². The van der Waals surface area contributed by atoms with E-state index in [2.05, 4.69) is 6.92 Å². The van der Waals surface area contributed by atoms with Crippen LogP contribution in [0.25, 0.3) is 23.0 Å². The number of aromatic nitrogens is 2. The van der Waals surface area contributed by atoms with Crippen molar-refractivity contribution in [3.05, 3.63) is 71.3 Å². The minimum absolute atomic E-state index is 0.0983. The first-order chi connectivity index (χ1) is 18.4. The molecule has 2 saturated heterocycles. The molecule has 198 valence electrons. The standard InChI is InChI=1S/C27H28N4O4S3/c1-2-3-13-30-26(32)24(37-27(30)36)18-21-19-31(22-7-5-4-6-8-22)28-25(21)20-9-11-23(12-10-20)38(33,34)29-14-16-35-17-15-29/h4-12,18-19H,2-3,13-17H2,1H3/b24-18+. The van der Waals surface area contributed by atoms with Crippen molar-refractivity contribution in [2.24, 2.45) is 0 Å². The molecule has 5 rings (SSSR count). The number of carbonyl (C=O) groups excluding carboxylic acids is 1. The highest BCUT2D eigenvalue weighted by atomic mass is 32.2. The molecule has 38 heavy (non-hydrogen) atoms. The number of thioether (sulfide) groups is 1. The SMILES string of the molecule is CCCCN1C(=O)/C(=C\c2cn(-c3ccccc3)nc2-c2ccc(S(=O)(=O)N3CCOCC3)cc2)SC1=S. The van der Waals surface area contributed by atoms with Crippen molar-refractivity contribution in [3.8, 4) is 16.9 Å². The van der Waals surface area contributed by atoms with Gasteiger partial charge in [0, 0.05) is 37.0 Å². The Labute approximate surface area is 232 Å². The highest BCUT2D eigenvalue weighted by Gasteiger charge is 2.32. The molecule has 0 saturated carbocycles. The summed E-state index contributed by atoms with van der Waals surface area (Å²) in [5, 5.41) is 4.82. The molecule has 0 bridgehead atoms. The molecule has 0 radical (unpaired) electrons. The molecular weight excluding hydrogens is 541 g/mol. The number of ether oxygens (including phenoxy) is 1. The fraction of sp³-hybridized carbons (Fsp3) is 0.296. The molecule has 2 fully saturated rings. The lowest BCUT2D eigenvalue weighted by Crippen LogP contribution is -2.40. The molecule has 0 N–H and O–H groups in total. The Morgan fingerprint density at radius 3 is 2.47 bits per heavy atom. The number of nitrogens with zero attached hydrogens (tertiary/aromatic N) is 4. The summed E-state index contributed by atoms with van der Waals surface area (Å²) < 4.78 is 35.2. The molecule has 0 spiro atoms. The largest absolute Gasteiger partial charge is 0.379 e. The van der Waals surface area contributed by atoms with Crippen LogP contribution in [0.5, 0.6) is 0 Å². The number of rotatable bonds is 8. The topological polar surface area (TPSA) is 84.7 Å². The van der Waals surface area contributed by atoms with E-state index in [1.54, 1.807) is 33.8 Å². The number of thiocarbonyl (C=S) groups is 1. The van der Waals surface area contributed by atoms with Crippen LogP contribution in [0.4, 0.5) is 0 Å². The third-order valence-electron chi connectivity index (χ3n) is 6.39. The van der Waals surface area contributed by atoms with E-state index >= 15 is 0 Å². The summed E-state index contributed by atoms with van der Waals surface area (Å²) in [6.07, 6.45) is 5.56. The van der Waals surface area contributed by atoms with Gasteiger partial charge in [-0.1, -0.05) is 67.7 Å². The molecule has 2 aromatic carbocycles. The summed E-state index contributed by atoms with van der Waals surface area (Å²) in [6.45, 7) is 4.14. The Kier molecular flexibility index (Phi) is 8.10. The quantitative estimate of drug-likeness (QED) is 0.291. The van der Waals surface area contributed by atoms with Gasteiger partial charge in [0.05, 0.1) is 34.4 Å². The van der Waals surface area contributed by atoms with Gasteiger partial charge in [0.25, 0.3) is 5.91 Å². The molecule has 1 amide bonds. The molecule has 2 aliphatic rings. The van der Waals surface area contributed by atoms with E-state index < -0.39 is 10.0 Å². The maximum atomic E-state index is 13.1. The zero-order chi connectivity index (χ0) is 26.7. The van der Waals surface area contributed by atoms with Crippen LogP contribution in [0.15, 0.2) is 70.6 Å². The predicted octanol–water partition coefficient (Wildman–Crippen LogP) is 4.56. The monoisotopic (exact) mass is 568 g/mol. The van der Waals surface area contributed by atoms with Gasteiger partial charge in [0.2, 0.25) is 10.0 Å². The zero-order valence-corrected chi connectivity index (χ0v) is 23.4. The summed E-state index contributed by atoms with van der Waals surface area (Å²) in [6, 6.07) is 16.4. The second-order valence-corrected chi connectivity index (χ2v) is 12.6. The van der Waals surface area contributed by atoms with E-state index in [0.717, 1.165) is 29.7 Å². The number of benzene rings is 2. The van der Waals surface area contributed by atoms with Gasteiger partial charge in [0.1, 0.15) is 4.32 Å². The number of carbonyl (C=O) groups is 1. The number of morpholine rings is 1. The predicted molar refractivity (Wildman–Crippen MR) is 153 cm³/mol. The van der Waals surface area contributed by atoms with E-state index in [1.165, 1.54) is 16.1 Å². The highest BCUT2D eigenvalue weighted by molar-refractivity contribution is 8.26. The third kappa shape index (κ3) is 5.48. The van der Waals surface area contributed by atoms with Crippen molar-refractivity contribution in [1.82, 2.24) is 19.0 Å². The smallest absolute Gasteiger partial charge is 0.266 e. The average molecular weight is 569 g/mol. The Morgan fingerprint density at radius 2 is 1.79 bits per heavy atom. The van der Waals surface area contributed by atoms with Gasteiger partial charge in [-0.05, 0) is 36.8 Å². The first-order valence-electron chi connectivity index (χ1n) is 12.5. The van der Waals surface area contributed by atoms with Crippen molar-refractivity contribution in [1.29, 1.82) is 0 Å². The van der Waals surface area contributed by atoms with E-state index in [-0.39, 0.29) is 10.8 Å². The summed E-state index contributed by atoms with van der Waals surface area (Å²) in [5.74, 6) is -0.0983. The minimum Gasteiger partial charge on any atom is -0.379 e. The van der Waals surface area contributed by atoms with Crippen LogP contribution < -0.4 is 0 Å². The van der Waals surface area contributed by atoms with Gasteiger partial charge in [-0.3, -0.25) is 9.69 Å². The molecule has 0 aliphatic carbocycles. The van der Waals surface area contributed by atoms with E-state index in [4.69, 9.17) is 22.1 Å². The number of sulfonamides is 1. The average Bonchev–Trinajstić information content (AvgIpc) is 3.48. The number of para-hydroxylation sites is 1. The van der Waals surface area contributed by atoms with Crippen molar-refractivity contribution in [3.63, 3.8) is 0 Å². The van der Waals surface area contributed by atoms with Gasteiger partial charge in [-0.2, -0.15) is 9.40 Å². The van der Waals surface area contributed by atoms with Crippen molar-refractivity contribution in [2.45, 2.75) is 24.7 Å². The second-order valence-electron chi connectivity index (χ2n) is 8.94. The van der Waals surface area contributed by atoms with Gasteiger partial charge in [-0.25, -0.2) is 13.1 Å². The Bertz CT molecular complexity index is 1460. The van der Waals surface area contributed by atoms with E-state index in [1.807, 2.05) is 42.6 Å². The fourth-order valence-electron chi connectivity index (χ4n) is 4.30. The summed E-state index contributed by atoms with van der Waals surface area (Å²) in [7, 11) is -3.61. The van der Waals surface area contributed by atoms with Crippen LogP contribution >= 0.6 is 24.0 Å². The number of amides is 1. The van der Waals surface area contributed by atoms with Crippen molar-refractivity contribution < 1.29 is 17.9 Å². The van der Waals surface area contributed by atoms with Crippen LogP contribution in [-0.2, 0) is 19.6 Å². The number of hydrogen-bond acceptors (Lipinski definition) is 7. The van der Waals surface area contributed by atoms with Gasteiger partial charge < -0.3 is 4.74 Å². The zero-order valence-electron chi connectivity index (χ0n) is 20.9. The number of unbranched alkanes of at least 4 members (excludes halogenated alkanes) is 1. The maximum absolute atomic E-state index is 13.1. The van der Waals surface area contributed by atoms with Crippen LogP contribution in [0.2, 0.25) is 0 Å². The molecule has 0 atom stereocenters. The van der Waals surface area contributed by atoms with Crippen LogP contribution in [0, 0.1) is 0 Å². The molecule has 3 heterocycles. The molecule has 1 aromatic heterocycles. The molecule has 3 aromatic rings. The van der Waals surface area contributed by atoms with E-state index in [9.17, 15) is 13.2 Å². The Morgan fingerprint density at radius 1 is 1.08 bits per heavy atom.